The lowest BCUT2D eigenvalue weighted by Crippen LogP contribution is -2.44. The molecule has 0 aromatic heterocycles. The fourth-order valence-corrected chi connectivity index (χ4v) is 5.22. The van der Waals surface area contributed by atoms with E-state index < -0.39 is 22.7 Å². The summed E-state index contributed by atoms with van der Waals surface area (Å²) in [4.78, 5) is 26.0. The molecule has 2 amide bonds. The highest BCUT2D eigenvalue weighted by atomic mass is 32.2. The van der Waals surface area contributed by atoms with Gasteiger partial charge >= 0.3 is 10.2 Å². The molecule has 184 valence electrons. The lowest BCUT2D eigenvalue weighted by atomic mass is 9.95. The zero-order valence-electron chi connectivity index (χ0n) is 20.3. The molecule has 0 unspecified atom stereocenters. The van der Waals surface area contributed by atoms with E-state index in [0.717, 1.165) is 45.4 Å². The fraction of sp³-hybridized carbons (Fsp3) is 0.440. The largest absolute Gasteiger partial charge is 0.349 e. The molecular formula is C25H34N4O4S. The molecule has 3 rings (SSSR count). The number of benzene rings is 2. The Morgan fingerprint density at radius 2 is 1.68 bits per heavy atom. The summed E-state index contributed by atoms with van der Waals surface area (Å²) in [6.07, 6.45) is 5.28. The van der Waals surface area contributed by atoms with Crippen molar-refractivity contribution in [1.29, 1.82) is 0 Å². The third kappa shape index (κ3) is 6.15. The topological polar surface area (TPSA) is 98.8 Å². The lowest BCUT2D eigenvalue weighted by molar-refractivity contribution is -0.114. The average molecular weight is 487 g/mol. The molecule has 0 saturated heterocycles. The van der Waals surface area contributed by atoms with Gasteiger partial charge in [0.15, 0.2) is 0 Å². The highest BCUT2D eigenvalue weighted by Gasteiger charge is 2.29. The molecule has 9 heteroatoms. The van der Waals surface area contributed by atoms with E-state index in [1.54, 1.807) is 37.3 Å². The number of aryl methyl sites for hydroxylation is 2. The third-order valence-electron chi connectivity index (χ3n) is 6.05. The molecule has 2 N–H and O–H groups in total. The summed E-state index contributed by atoms with van der Waals surface area (Å²) in [5.41, 5.74) is 2.76. The first kappa shape index (κ1) is 25.7. The Hall–Kier alpha value is -2.91. The van der Waals surface area contributed by atoms with Crippen LogP contribution in [0.1, 0.15) is 53.6 Å². The minimum Gasteiger partial charge on any atom is -0.349 e. The van der Waals surface area contributed by atoms with Crippen LogP contribution in [-0.4, -0.2) is 51.2 Å². The molecule has 34 heavy (non-hydrogen) atoms. The van der Waals surface area contributed by atoms with Crippen molar-refractivity contribution in [3.05, 3.63) is 59.2 Å². The molecular weight excluding hydrogens is 452 g/mol. The number of hydrogen-bond acceptors (Lipinski definition) is 4. The van der Waals surface area contributed by atoms with Crippen LogP contribution in [0, 0.1) is 13.8 Å². The summed E-state index contributed by atoms with van der Waals surface area (Å²) in [5.74, 6) is -0.778. The van der Waals surface area contributed by atoms with Gasteiger partial charge in [-0.15, -0.1) is 0 Å². The SMILES string of the molecule is Cc1ccc(C)c(N(CC(=O)Nc2ccccc2C(=O)NC2CCCCC2)S(=O)(=O)N(C)C)c1. The summed E-state index contributed by atoms with van der Waals surface area (Å²) < 4.78 is 28.3. The van der Waals surface area contributed by atoms with Crippen molar-refractivity contribution in [3.63, 3.8) is 0 Å². The molecule has 0 aliphatic heterocycles. The third-order valence-corrected chi connectivity index (χ3v) is 7.85. The Bertz CT molecular complexity index is 1140. The Kier molecular flexibility index (Phi) is 8.33. The average Bonchev–Trinajstić information content (AvgIpc) is 2.80. The summed E-state index contributed by atoms with van der Waals surface area (Å²) in [6.45, 7) is 3.24. The molecule has 1 fully saturated rings. The van der Waals surface area contributed by atoms with Gasteiger partial charge in [0, 0.05) is 20.1 Å². The number of amides is 2. The van der Waals surface area contributed by atoms with Gasteiger partial charge < -0.3 is 10.6 Å². The minimum atomic E-state index is -3.94. The van der Waals surface area contributed by atoms with Crippen LogP contribution < -0.4 is 14.9 Å². The van der Waals surface area contributed by atoms with E-state index in [-0.39, 0.29) is 11.9 Å². The number of nitrogens with one attached hydrogen (secondary N) is 2. The van der Waals surface area contributed by atoms with E-state index >= 15 is 0 Å². The molecule has 1 aliphatic rings. The normalized spacial score (nSPS) is 14.6. The number of rotatable bonds is 8. The summed E-state index contributed by atoms with van der Waals surface area (Å²) >= 11 is 0. The molecule has 0 heterocycles. The highest BCUT2D eigenvalue weighted by molar-refractivity contribution is 7.90. The number of nitrogens with zero attached hydrogens (tertiary/aromatic N) is 2. The van der Waals surface area contributed by atoms with Gasteiger partial charge in [0.2, 0.25) is 5.91 Å². The van der Waals surface area contributed by atoms with Crippen LogP contribution >= 0.6 is 0 Å². The zero-order valence-corrected chi connectivity index (χ0v) is 21.1. The maximum atomic E-state index is 13.1. The molecule has 0 radical (unpaired) electrons. The van der Waals surface area contributed by atoms with E-state index in [1.807, 2.05) is 19.1 Å². The van der Waals surface area contributed by atoms with Crippen LogP contribution in [0.3, 0.4) is 0 Å². The number of anilines is 2. The van der Waals surface area contributed by atoms with Crippen LogP contribution in [0.2, 0.25) is 0 Å². The molecule has 2 aromatic carbocycles. The fourth-order valence-electron chi connectivity index (χ4n) is 4.10. The van der Waals surface area contributed by atoms with E-state index in [4.69, 9.17) is 0 Å². The van der Waals surface area contributed by atoms with Gasteiger partial charge in [0.05, 0.1) is 16.9 Å². The second kappa shape index (κ2) is 11.0. The smallest absolute Gasteiger partial charge is 0.304 e. The number of para-hydroxylation sites is 1. The Morgan fingerprint density at radius 3 is 2.35 bits per heavy atom. The first-order chi connectivity index (χ1) is 16.1. The van der Waals surface area contributed by atoms with Crippen LogP contribution in [0.5, 0.6) is 0 Å². The zero-order chi connectivity index (χ0) is 24.9. The van der Waals surface area contributed by atoms with Gasteiger partial charge in [-0.1, -0.05) is 43.5 Å². The monoisotopic (exact) mass is 486 g/mol. The van der Waals surface area contributed by atoms with Gasteiger partial charge in [0.25, 0.3) is 5.91 Å². The number of carbonyl (C=O) groups excluding carboxylic acids is 2. The maximum absolute atomic E-state index is 13.1. The first-order valence-corrected chi connectivity index (χ1v) is 13.0. The second-order valence-corrected chi connectivity index (χ2v) is 11.1. The van der Waals surface area contributed by atoms with E-state index in [2.05, 4.69) is 10.6 Å². The van der Waals surface area contributed by atoms with Crippen molar-refractivity contribution in [2.75, 3.05) is 30.3 Å². The molecule has 8 nitrogen and oxygen atoms in total. The number of hydrogen-bond donors (Lipinski definition) is 2. The second-order valence-electron chi connectivity index (χ2n) is 8.99. The molecule has 0 spiro atoms. The summed E-state index contributed by atoms with van der Waals surface area (Å²) in [7, 11) is -1.08. The molecule has 1 aliphatic carbocycles. The number of carbonyl (C=O) groups is 2. The quantitative estimate of drug-likeness (QED) is 0.595. The molecule has 0 atom stereocenters. The standard InChI is InChI=1S/C25H34N4O4S/c1-18-14-15-19(2)23(16-18)29(34(32,33)28(3)4)17-24(30)27-22-13-9-8-12-21(22)25(31)26-20-10-6-5-7-11-20/h8-9,12-16,20H,5-7,10-11,17H2,1-4H3,(H,26,31)(H,27,30). The van der Waals surface area contributed by atoms with Gasteiger partial charge in [-0.05, 0) is 56.0 Å². The van der Waals surface area contributed by atoms with Gasteiger partial charge in [-0.2, -0.15) is 12.7 Å². The Labute approximate surface area is 202 Å². The van der Waals surface area contributed by atoms with Crippen molar-refractivity contribution in [3.8, 4) is 0 Å². The molecule has 2 aromatic rings. The Morgan fingerprint density at radius 1 is 1.00 bits per heavy atom. The van der Waals surface area contributed by atoms with Crippen molar-refractivity contribution >= 4 is 33.4 Å². The predicted octanol–water partition coefficient (Wildman–Crippen LogP) is 3.62. The maximum Gasteiger partial charge on any atom is 0.304 e. The van der Waals surface area contributed by atoms with Crippen LogP contribution in [0.25, 0.3) is 0 Å². The predicted molar refractivity (Wildman–Crippen MR) is 135 cm³/mol. The summed E-state index contributed by atoms with van der Waals surface area (Å²) in [6, 6.07) is 12.4. The highest BCUT2D eigenvalue weighted by Crippen LogP contribution is 2.26. The summed E-state index contributed by atoms with van der Waals surface area (Å²) in [5, 5.41) is 5.81. The minimum absolute atomic E-state index is 0.134. The van der Waals surface area contributed by atoms with Crippen LogP contribution in [0.4, 0.5) is 11.4 Å². The Balaban J connectivity index is 1.82. The van der Waals surface area contributed by atoms with Gasteiger partial charge in [-0.3, -0.25) is 9.59 Å². The van der Waals surface area contributed by atoms with E-state index in [1.165, 1.54) is 20.5 Å². The van der Waals surface area contributed by atoms with Crippen molar-refractivity contribution in [1.82, 2.24) is 9.62 Å². The van der Waals surface area contributed by atoms with E-state index in [9.17, 15) is 18.0 Å². The van der Waals surface area contributed by atoms with Crippen LogP contribution in [-0.2, 0) is 15.0 Å². The first-order valence-electron chi connectivity index (χ1n) is 11.6. The van der Waals surface area contributed by atoms with Crippen LogP contribution in [0.15, 0.2) is 42.5 Å². The van der Waals surface area contributed by atoms with Crippen molar-refractivity contribution in [2.24, 2.45) is 0 Å². The molecule has 1 saturated carbocycles. The van der Waals surface area contributed by atoms with Gasteiger partial charge in [0.1, 0.15) is 6.54 Å². The lowest BCUT2D eigenvalue weighted by Gasteiger charge is -2.28. The van der Waals surface area contributed by atoms with Gasteiger partial charge in [-0.25, -0.2) is 4.31 Å². The van der Waals surface area contributed by atoms with Crippen molar-refractivity contribution < 1.29 is 18.0 Å². The van der Waals surface area contributed by atoms with E-state index in [0.29, 0.717) is 16.9 Å². The van der Waals surface area contributed by atoms with Crippen molar-refractivity contribution in [2.45, 2.75) is 52.0 Å². The molecule has 0 bridgehead atoms.